The maximum Gasteiger partial charge on any atom is 0.123 e. The molecule has 1 saturated carbocycles. The van der Waals surface area contributed by atoms with E-state index in [1.54, 1.807) is 12.1 Å². The van der Waals surface area contributed by atoms with Crippen LogP contribution in [0.2, 0.25) is 0 Å². The van der Waals surface area contributed by atoms with E-state index in [1.165, 1.54) is 6.42 Å². The average Bonchev–Trinajstić information content (AvgIpc) is 2.50. The second-order valence-electron chi connectivity index (χ2n) is 7.67. The summed E-state index contributed by atoms with van der Waals surface area (Å²) in [6.07, 6.45) is 5.42. The third-order valence-electron chi connectivity index (χ3n) is 4.96. The smallest absolute Gasteiger partial charge is 0.123 e. The molecule has 1 aliphatic rings. The molecule has 2 N–H and O–H groups in total. The van der Waals surface area contributed by atoms with Crippen molar-refractivity contribution >= 4 is 0 Å². The molecule has 0 saturated heterocycles. The van der Waals surface area contributed by atoms with Gasteiger partial charge in [-0.1, -0.05) is 33.3 Å². The van der Waals surface area contributed by atoms with Crippen LogP contribution < -0.4 is 5.73 Å². The molecule has 1 aliphatic carbocycles. The topological polar surface area (TPSA) is 26.0 Å². The fourth-order valence-electron chi connectivity index (χ4n) is 3.54. The predicted octanol–water partition coefficient (Wildman–Crippen LogP) is 4.91. The molecule has 2 atom stereocenters. The average molecular weight is 277 g/mol. The monoisotopic (exact) mass is 277 g/mol. The lowest BCUT2D eigenvalue weighted by Gasteiger charge is -2.32. The molecule has 0 aliphatic heterocycles. The molecular weight excluding hydrogens is 249 g/mol. The number of halogens is 1. The molecule has 0 aromatic heterocycles. The van der Waals surface area contributed by atoms with Crippen LogP contribution in [0.3, 0.4) is 0 Å². The Hall–Kier alpha value is -0.890. The molecule has 112 valence electrons. The Kier molecular flexibility index (Phi) is 4.24. The van der Waals surface area contributed by atoms with Crippen molar-refractivity contribution in [2.24, 2.45) is 17.1 Å². The van der Waals surface area contributed by atoms with Gasteiger partial charge in [-0.3, -0.25) is 0 Å². The molecule has 2 rings (SSSR count). The standard InChI is InChI=1S/C18H28FN/c1-13-10-15(12-16(19)11-13)18(20)8-5-6-14(7-9-18)17(2,3)4/h10-12,14H,5-9,20H2,1-4H3. The minimum Gasteiger partial charge on any atom is -0.321 e. The molecule has 0 bridgehead atoms. The second kappa shape index (κ2) is 5.48. The summed E-state index contributed by atoms with van der Waals surface area (Å²) >= 11 is 0. The van der Waals surface area contributed by atoms with Crippen molar-refractivity contribution in [1.82, 2.24) is 0 Å². The van der Waals surface area contributed by atoms with Crippen molar-refractivity contribution in [3.8, 4) is 0 Å². The van der Waals surface area contributed by atoms with E-state index in [-0.39, 0.29) is 11.4 Å². The molecule has 20 heavy (non-hydrogen) atoms. The van der Waals surface area contributed by atoms with E-state index in [2.05, 4.69) is 26.8 Å². The fourth-order valence-corrected chi connectivity index (χ4v) is 3.54. The lowest BCUT2D eigenvalue weighted by molar-refractivity contribution is 0.211. The number of hydrogen-bond donors (Lipinski definition) is 1. The van der Waals surface area contributed by atoms with Gasteiger partial charge in [0.25, 0.3) is 0 Å². The minimum atomic E-state index is -0.354. The first-order valence-corrected chi connectivity index (χ1v) is 7.77. The summed E-state index contributed by atoms with van der Waals surface area (Å²) in [5.74, 6) is 0.545. The molecule has 1 fully saturated rings. The molecule has 1 aromatic rings. The summed E-state index contributed by atoms with van der Waals surface area (Å²) in [5.41, 5.74) is 8.58. The summed E-state index contributed by atoms with van der Waals surface area (Å²) in [4.78, 5) is 0. The van der Waals surface area contributed by atoms with E-state index < -0.39 is 0 Å². The summed E-state index contributed by atoms with van der Waals surface area (Å²) in [5, 5.41) is 0. The molecule has 0 spiro atoms. The van der Waals surface area contributed by atoms with Crippen LogP contribution in [0.15, 0.2) is 18.2 Å². The number of hydrogen-bond acceptors (Lipinski definition) is 1. The van der Waals surface area contributed by atoms with Crippen molar-refractivity contribution in [3.05, 3.63) is 35.1 Å². The Labute approximate surface area is 122 Å². The maximum atomic E-state index is 13.7. The van der Waals surface area contributed by atoms with Gasteiger partial charge in [-0.05, 0) is 67.2 Å². The van der Waals surface area contributed by atoms with Crippen LogP contribution in [0.4, 0.5) is 4.39 Å². The van der Waals surface area contributed by atoms with Gasteiger partial charge in [0.05, 0.1) is 0 Å². The lowest BCUT2D eigenvalue weighted by atomic mass is 9.75. The summed E-state index contributed by atoms with van der Waals surface area (Å²) < 4.78 is 13.7. The zero-order chi connectivity index (χ0) is 15.0. The highest BCUT2D eigenvalue weighted by atomic mass is 19.1. The van der Waals surface area contributed by atoms with Crippen molar-refractivity contribution in [1.29, 1.82) is 0 Å². The van der Waals surface area contributed by atoms with E-state index in [0.717, 1.165) is 36.8 Å². The first kappa shape index (κ1) is 15.5. The van der Waals surface area contributed by atoms with Gasteiger partial charge in [0.15, 0.2) is 0 Å². The van der Waals surface area contributed by atoms with Crippen LogP contribution in [0, 0.1) is 24.1 Å². The Bertz CT molecular complexity index is 455. The van der Waals surface area contributed by atoms with Crippen LogP contribution in [0.1, 0.15) is 64.0 Å². The number of aryl methyl sites for hydroxylation is 1. The van der Waals surface area contributed by atoms with E-state index in [9.17, 15) is 4.39 Å². The van der Waals surface area contributed by atoms with Crippen molar-refractivity contribution < 1.29 is 4.39 Å². The zero-order valence-electron chi connectivity index (χ0n) is 13.3. The first-order valence-electron chi connectivity index (χ1n) is 7.77. The van der Waals surface area contributed by atoms with Gasteiger partial charge in [-0.15, -0.1) is 0 Å². The van der Waals surface area contributed by atoms with E-state index in [0.29, 0.717) is 11.3 Å². The van der Waals surface area contributed by atoms with Crippen LogP contribution in [0.25, 0.3) is 0 Å². The van der Waals surface area contributed by atoms with Crippen LogP contribution in [-0.4, -0.2) is 0 Å². The Morgan fingerprint density at radius 2 is 1.85 bits per heavy atom. The van der Waals surface area contributed by atoms with Crippen molar-refractivity contribution in [3.63, 3.8) is 0 Å². The van der Waals surface area contributed by atoms with Gasteiger partial charge in [-0.25, -0.2) is 4.39 Å². The van der Waals surface area contributed by atoms with Crippen molar-refractivity contribution in [2.75, 3.05) is 0 Å². The molecule has 2 heteroatoms. The Morgan fingerprint density at radius 3 is 2.45 bits per heavy atom. The number of rotatable bonds is 1. The first-order chi connectivity index (χ1) is 9.21. The highest BCUT2D eigenvalue weighted by molar-refractivity contribution is 5.30. The normalized spacial score (nSPS) is 28.2. The Balaban J connectivity index is 2.23. The van der Waals surface area contributed by atoms with Crippen LogP contribution in [-0.2, 0) is 5.54 Å². The third-order valence-corrected chi connectivity index (χ3v) is 4.96. The molecule has 0 amide bonds. The molecule has 0 heterocycles. The van der Waals surface area contributed by atoms with Gasteiger partial charge < -0.3 is 5.73 Å². The van der Waals surface area contributed by atoms with Crippen molar-refractivity contribution in [2.45, 2.75) is 65.3 Å². The Morgan fingerprint density at radius 1 is 1.15 bits per heavy atom. The van der Waals surface area contributed by atoms with E-state index in [4.69, 9.17) is 5.73 Å². The van der Waals surface area contributed by atoms with E-state index in [1.807, 2.05) is 6.92 Å². The van der Waals surface area contributed by atoms with Gasteiger partial charge in [0.1, 0.15) is 5.82 Å². The summed E-state index contributed by atoms with van der Waals surface area (Å²) in [6.45, 7) is 8.87. The highest BCUT2D eigenvalue weighted by Gasteiger charge is 2.35. The largest absolute Gasteiger partial charge is 0.321 e. The fraction of sp³-hybridized carbons (Fsp3) is 0.667. The summed E-state index contributed by atoms with van der Waals surface area (Å²) in [6, 6.07) is 5.26. The SMILES string of the molecule is Cc1cc(F)cc(C2(N)CCCC(C(C)(C)C)CC2)c1. The molecule has 1 aromatic carbocycles. The lowest BCUT2D eigenvalue weighted by Crippen LogP contribution is -2.36. The molecule has 1 nitrogen and oxygen atoms in total. The van der Waals surface area contributed by atoms with Gasteiger partial charge in [0.2, 0.25) is 0 Å². The van der Waals surface area contributed by atoms with Crippen LogP contribution >= 0.6 is 0 Å². The third kappa shape index (κ3) is 3.41. The minimum absolute atomic E-state index is 0.165. The molecular formula is C18H28FN. The quantitative estimate of drug-likeness (QED) is 0.725. The van der Waals surface area contributed by atoms with Gasteiger partial charge >= 0.3 is 0 Å². The van der Waals surface area contributed by atoms with Crippen LogP contribution in [0.5, 0.6) is 0 Å². The van der Waals surface area contributed by atoms with Gasteiger partial charge in [-0.2, -0.15) is 0 Å². The van der Waals surface area contributed by atoms with Gasteiger partial charge in [0, 0.05) is 5.54 Å². The maximum absolute atomic E-state index is 13.7. The second-order valence-corrected chi connectivity index (χ2v) is 7.67. The predicted molar refractivity (Wildman–Crippen MR) is 83.0 cm³/mol. The number of nitrogens with two attached hydrogens (primary N) is 1. The summed E-state index contributed by atoms with van der Waals surface area (Å²) in [7, 11) is 0. The molecule has 2 unspecified atom stereocenters. The van der Waals surface area contributed by atoms with E-state index >= 15 is 0 Å². The highest BCUT2D eigenvalue weighted by Crippen LogP contribution is 2.42. The number of benzene rings is 1. The zero-order valence-corrected chi connectivity index (χ0v) is 13.3. The molecule has 0 radical (unpaired) electrons.